The van der Waals surface area contributed by atoms with Crippen LogP contribution in [0, 0.1) is 0 Å². The lowest BCUT2D eigenvalue weighted by Gasteiger charge is -2.08. The van der Waals surface area contributed by atoms with E-state index in [1.807, 2.05) is 78.9 Å². The molecule has 0 unspecified atom stereocenters. The van der Waals surface area contributed by atoms with E-state index < -0.39 is 10.0 Å². The Bertz CT molecular complexity index is 1190. The van der Waals surface area contributed by atoms with Gasteiger partial charge in [-0.2, -0.15) is 4.98 Å². The van der Waals surface area contributed by atoms with Crippen molar-refractivity contribution in [1.29, 1.82) is 0 Å². The highest BCUT2D eigenvalue weighted by Crippen LogP contribution is 2.32. The number of hydrogen-bond acceptors (Lipinski definition) is 5. The molecule has 152 valence electrons. The van der Waals surface area contributed by atoms with E-state index in [2.05, 4.69) is 9.71 Å². The molecule has 0 bridgehead atoms. The molecule has 0 aliphatic heterocycles. The number of nitrogens with one attached hydrogen (secondary N) is 1. The Morgan fingerprint density at radius 3 is 2.00 bits per heavy atom. The first-order chi connectivity index (χ1) is 14.6. The second-order valence-electron chi connectivity index (χ2n) is 6.44. The average Bonchev–Trinajstić information content (AvgIpc) is 3.25. The van der Waals surface area contributed by atoms with Crippen LogP contribution in [0.15, 0.2) is 100 Å². The van der Waals surface area contributed by atoms with Crippen LogP contribution >= 0.6 is 0 Å². The van der Waals surface area contributed by atoms with Gasteiger partial charge in [-0.3, -0.25) is 0 Å². The Morgan fingerprint density at radius 1 is 0.800 bits per heavy atom. The van der Waals surface area contributed by atoms with Crippen molar-refractivity contribution in [2.45, 2.75) is 5.03 Å². The molecule has 3 aromatic carbocycles. The van der Waals surface area contributed by atoms with Crippen molar-refractivity contribution in [1.82, 2.24) is 9.71 Å². The van der Waals surface area contributed by atoms with Crippen molar-refractivity contribution in [3.05, 3.63) is 91.0 Å². The topological polar surface area (TPSA) is 81.4 Å². The van der Waals surface area contributed by atoms with E-state index in [1.165, 1.54) is 0 Å². The van der Waals surface area contributed by atoms with Crippen LogP contribution in [0.25, 0.3) is 22.8 Å². The van der Waals surface area contributed by atoms with Crippen LogP contribution in [-0.4, -0.2) is 26.6 Å². The number of rotatable bonds is 8. The van der Waals surface area contributed by atoms with E-state index in [4.69, 9.17) is 9.15 Å². The minimum atomic E-state index is -3.92. The number of sulfonamides is 1. The van der Waals surface area contributed by atoms with E-state index in [0.29, 0.717) is 16.9 Å². The molecule has 30 heavy (non-hydrogen) atoms. The summed E-state index contributed by atoms with van der Waals surface area (Å²) in [5.41, 5.74) is 1.33. The van der Waals surface area contributed by atoms with Gasteiger partial charge >= 0.3 is 0 Å². The summed E-state index contributed by atoms with van der Waals surface area (Å²) in [5, 5.41) is -0.146. The summed E-state index contributed by atoms with van der Waals surface area (Å²) in [4.78, 5) is 4.31. The number of para-hydroxylation sites is 1. The molecule has 0 amide bonds. The first-order valence-corrected chi connectivity index (χ1v) is 10.9. The first-order valence-electron chi connectivity index (χ1n) is 9.43. The van der Waals surface area contributed by atoms with Gasteiger partial charge in [-0.05, 0) is 24.3 Å². The smallest absolute Gasteiger partial charge is 0.262 e. The fourth-order valence-electron chi connectivity index (χ4n) is 2.89. The number of aromatic nitrogens is 1. The summed E-state index contributed by atoms with van der Waals surface area (Å²) < 4.78 is 40.0. The molecule has 4 aromatic rings. The first kappa shape index (κ1) is 19.9. The molecule has 1 aromatic heterocycles. The van der Waals surface area contributed by atoms with Crippen LogP contribution in [-0.2, 0) is 10.0 Å². The van der Waals surface area contributed by atoms with Gasteiger partial charge in [-0.1, -0.05) is 66.7 Å². The fraction of sp³-hybridized carbons (Fsp3) is 0.0870. The summed E-state index contributed by atoms with van der Waals surface area (Å²) in [6.07, 6.45) is 0. The molecule has 0 radical (unpaired) electrons. The molecular weight excluding hydrogens is 400 g/mol. The summed E-state index contributed by atoms with van der Waals surface area (Å²) in [5.74, 6) is 1.12. The summed E-state index contributed by atoms with van der Waals surface area (Å²) in [6, 6.07) is 27.5. The third-order valence-electron chi connectivity index (χ3n) is 4.31. The van der Waals surface area contributed by atoms with E-state index in [1.54, 1.807) is 12.1 Å². The zero-order valence-electron chi connectivity index (χ0n) is 16.1. The van der Waals surface area contributed by atoms with Crippen LogP contribution in [0.1, 0.15) is 0 Å². The van der Waals surface area contributed by atoms with Crippen LogP contribution < -0.4 is 9.46 Å². The van der Waals surface area contributed by atoms with E-state index >= 15 is 0 Å². The Hall–Kier alpha value is -3.42. The van der Waals surface area contributed by atoms with Gasteiger partial charge in [0.25, 0.3) is 10.0 Å². The quantitative estimate of drug-likeness (QED) is 0.428. The van der Waals surface area contributed by atoms with Crippen LogP contribution in [0.5, 0.6) is 5.75 Å². The molecule has 4 rings (SSSR count). The standard InChI is InChI=1S/C23H20N2O4S/c26-30(27,24-16-17-28-20-14-8-3-9-15-20)23-21(18-10-4-1-5-11-18)29-22(25-23)19-12-6-2-7-13-19/h1-15,24H,16-17H2. The number of nitrogens with zero attached hydrogens (tertiary/aromatic N) is 1. The molecule has 0 atom stereocenters. The Labute approximate surface area is 175 Å². The van der Waals surface area contributed by atoms with Gasteiger partial charge < -0.3 is 9.15 Å². The molecule has 0 fully saturated rings. The second-order valence-corrected chi connectivity index (χ2v) is 8.13. The molecule has 0 aliphatic rings. The lowest BCUT2D eigenvalue weighted by Crippen LogP contribution is -2.29. The molecule has 7 heteroatoms. The molecule has 0 saturated heterocycles. The van der Waals surface area contributed by atoms with Crippen molar-refractivity contribution < 1.29 is 17.6 Å². The molecule has 0 saturated carbocycles. The molecule has 0 spiro atoms. The molecular formula is C23H20N2O4S. The van der Waals surface area contributed by atoms with Crippen molar-refractivity contribution in [2.75, 3.05) is 13.2 Å². The minimum Gasteiger partial charge on any atom is -0.492 e. The van der Waals surface area contributed by atoms with Gasteiger partial charge in [-0.15, -0.1) is 0 Å². The number of ether oxygens (including phenoxy) is 1. The zero-order chi connectivity index (χ0) is 20.8. The van der Waals surface area contributed by atoms with E-state index in [-0.39, 0.29) is 29.8 Å². The van der Waals surface area contributed by atoms with E-state index in [0.717, 1.165) is 0 Å². The van der Waals surface area contributed by atoms with Gasteiger partial charge in [-0.25, -0.2) is 13.1 Å². The van der Waals surface area contributed by atoms with Crippen molar-refractivity contribution in [3.8, 4) is 28.5 Å². The predicted molar refractivity (Wildman–Crippen MR) is 115 cm³/mol. The third-order valence-corrected chi connectivity index (χ3v) is 5.68. The SMILES string of the molecule is O=S(=O)(NCCOc1ccccc1)c1nc(-c2ccccc2)oc1-c1ccccc1. The van der Waals surface area contributed by atoms with Crippen molar-refractivity contribution in [3.63, 3.8) is 0 Å². The van der Waals surface area contributed by atoms with Crippen LogP contribution in [0.4, 0.5) is 0 Å². The maximum atomic E-state index is 13.0. The van der Waals surface area contributed by atoms with E-state index in [9.17, 15) is 8.42 Å². The normalized spacial score (nSPS) is 11.3. The summed E-state index contributed by atoms with van der Waals surface area (Å²) in [6.45, 7) is 0.284. The monoisotopic (exact) mass is 420 g/mol. The lowest BCUT2D eigenvalue weighted by atomic mass is 10.2. The van der Waals surface area contributed by atoms with Crippen molar-refractivity contribution >= 4 is 10.0 Å². The van der Waals surface area contributed by atoms with Crippen molar-refractivity contribution in [2.24, 2.45) is 0 Å². The predicted octanol–water partition coefficient (Wildman–Crippen LogP) is 4.37. The number of hydrogen-bond donors (Lipinski definition) is 1. The highest BCUT2D eigenvalue weighted by molar-refractivity contribution is 7.89. The maximum Gasteiger partial charge on any atom is 0.262 e. The summed E-state index contributed by atoms with van der Waals surface area (Å²) >= 11 is 0. The molecule has 6 nitrogen and oxygen atoms in total. The number of benzene rings is 3. The Kier molecular flexibility index (Phi) is 5.92. The van der Waals surface area contributed by atoms with Crippen LogP contribution in [0.3, 0.4) is 0 Å². The van der Waals surface area contributed by atoms with Crippen LogP contribution in [0.2, 0.25) is 0 Å². The van der Waals surface area contributed by atoms with Gasteiger partial charge in [0.15, 0.2) is 5.76 Å². The van der Waals surface area contributed by atoms with Gasteiger partial charge in [0.1, 0.15) is 12.4 Å². The average molecular weight is 420 g/mol. The highest BCUT2D eigenvalue weighted by atomic mass is 32.2. The zero-order valence-corrected chi connectivity index (χ0v) is 16.9. The van der Waals surface area contributed by atoms with Gasteiger partial charge in [0.05, 0.1) is 0 Å². The largest absolute Gasteiger partial charge is 0.492 e. The number of oxazole rings is 1. The lowest BCUT2D eigenvalue weighted by molar-refractivity contribution is 0.323. The molecule has 0 aliphatic carbocycles. The van der Waals surface area contributed by atoms with Gasteiger partial charge in [0.2, 0.25) is 10.9 Å². The Balaban J connectivity index is 1.58. The second kappa shape index (κ2) is 8.94. The highest BCUT2D eigenvalue weighted by Gasteiger charge is 2.27. The molecule has 1 N–H and O–H groups in total. The minimum absolute atomic E-state index is 0.0962. The molecule has 1 heterocycles. The Morgan fingerprint density at radius 2 is 1.37 bits per heavy atom. The van der Waals surface area contributed by atoms with Gasteiger partial charge in [0, 0.05) is 17.7 Å². The third kappa shape index (κ3) is 4.59. The fourth-order valence-corrected chi connectivity index (χ4v) is 3.99. The summed E-state index contributed by atoms with van der Waals surface area (Å²) in [7, 11) is -3.92. The maximum absolute atomic E-state index is 13.0.